The molecule has 2 aromatic rings. The Hall–Kier alpha value is -1.78. The third-order valence-electron chi connectivity index (χ3n) is 3.25. The van der Waals surface area contributed by atoms with Gasteiger partial charge in [-0.05, 0) is 19.1 Å². The van der Waals surface area contributed by atoms with Gasteiger partial charge in [0.1, 0.15) is 11.6 Å². The van der Waals surface area contributed by atoms with E-state index < -0.39 is 11.9 Å². The normalized spacial score (nSPS) is 14.0. The first-order valence-corrected chi connectivity index (χ1v) is 6.50. The summed E-state index contributed by atoms with van der Waals surface area (Å²) >= 11 is 0. The monoisotopic (exact) mass is 277 g/mol. The minimum atomic E-state index is -0.967. The van der Waals surface area contributed by atoms with Crippen molar-refractivity contribution in [2.24, 2.45) is 0 Å². The summed E-state index contributed by atoms with van der Waals surface area (Å²) in [4.78, 5) is 0. The number of nitrogens with one attached hydrogen (secondary N) is 1. The molecule has 106 valence electrons. The number of hydrogen-bond donors (Lipinski definition) is 2. The molecule has 0 saturated heterocycles. The topological polar surface area (TPSA) is 32.3 Å². The average molecular weight is 277 g/mol. The smallest absolute Gasteiger partial charge is 0.129 e. The number of hydrogen-bond acceptors (Lipinski definition) is 2. The fraction of sp³-hybridized carbons (Fsp3) is 0.250. The van der Waals surface area contributed by atoms with E-state index in [0.717, 1.165) is 0 Å². The van der Waals surface area contributed by atoms with Crippen LogP contribution < -0.4 is 5.32 Å². The van der Waals surface area contributed by atoms with Crippen LogP contribution in [0.5, 0.6) is 0 Å². The minimum Gasteiger partial charge on any atom is -0.387 e. The van der Waals surface area contributed by atoms with Crippen LogP contribution in [0.4, 0.5) is 8.78 Å². The first-order valence-electron chi connectivity index (χ1n) is 6.50. The third-order valence-corrected chi connectivity index (χ3v) is 3.25. The van der Waals surface area contributed by atoms with Gasteiger partial charge in [0.15, 0.2) is 0 Å². The molecule has 0 aliphatic carbocycles. The van der Waals surface area contributed by atoms with Gasteiger partial charge in [-0.3, -0.25) is 0 Å². The zero-order chi connectivity index (χ0) is 14.5. The van der Waals surface area contributed by atoms with Crippen molar-refractivity contribution in [1.82, 2.24) is 5.32 Å². The summed E-state index contributed by atoms with van der Waals surface area (Å²) in [6, 6.07) is 12.3. The summed E-state index contributed by atoms with van der Waals surface area (Å²) in [6.07, 6.45) is -0.967. The molecule has 20 heavy (non-hydrogen) atoms. The van der Waals surface area contributed by atoms with Gasteiger partial charge in [-0.1, -0.05) is 36.4 Å². The lowest BCUT2D eigenvalue weighted by Gasteiger charge is -2.18. The highest BCUT2D eigenvalue weighted by Crippen LogP contribution is 2.19. The zero-order valence-corrected chi connectivity index (χ0v) is 11.2. The van der Waals surface area contributed by atoms with Gasteiger partial charge >= 0.3 is 0 Å². The number of rotatable bonds is 5. The molecule has 4 heteroatoms. The predicted molar refractivity (Wildman–Crippen MR) is 74.2 cm³/mol. The van der Waals surface area contributed by atoms with Crippen LogP contribution in [0.1, 0.15) is 30.2 Å². The maximum absolute atomic E-state index is 13.6. The van der Waals surface area contributed by atoms with Crippen molar-refractivity contribution >= 4 is 0 Å². The van der Waals surface area contributed by atoms with Gasteiger partial charge in [0.05, 0.1) is 6.10 Å². The summed E-state index contributed by atoms with van der Waals surface area (Å²) in [5.74, 6) is -0.742. The lowest BCUT2D eigenvalue weighted by atomic mass is 10.1. The van der Waals surface area contributed by atoms with Crippen LogP contribution in [0.2, 0.25) is 0 Å². The van der Waals surface area contributed by atoms with Crippen LogP contribution in [-0.4, -0.2) is 11.7 Å². The molecule has 2 N–H and O–H groups in total. The van der Waals surface area contributed by atoms with Crippen LogP contribution in [0.15, 0.2) is 48.5 Å². The van der Waals surface area contributed by atoms with E-state index in [9.17, 15) is 13.9 Å². The first kappa shape index (κ1) is 14.6. The molecule has 0 aliphatic heterocycles. The van der Waals surface area contributed by atoms with Crippen molar-refractivity contribution in [3.63, 3.8) is 0 Å². The van der Waals surface area contributed by atoms with E-state index >= 15 is 0 Å². The number of benzene rings is 2. The first-order chi connectivity index (χ1) is 9.59. The Bertz CT molecular complexity index is 522. The third kappa shape index (κ3) is 3.40. The molecule has 0 aromatic heterocycles. The molecule has 0 fully saturated rings. The van der Waals surface area contributed by atoms with Crippen molar-refractivity contribution in [2.75, 3.05) is 6.54 Å². The number of halogens is 2. The van der Waals surface area contributed by atoms with Crippen LogP contribution in [-0.2, 0) is 0 Å². The van der Waals surface area contributed by atoms with Crippen molar-refractivity contribution in [3.8, 4) is 0 Å². The van der Waals surface area contributed by atoms with Gasteiger partial charge in [-0.2, -0.15) is 0 Å². The Morgan fingerprint density at radius 1 is 0.950 bits per heavy atom. The fourth-order valence-corrected chi connectivity index (χ4v) is 2.08. The fourth-order valence-electron chi connectivity index (χ4n) is 2.08. The maximum Gasteiger partial charge on any atom is 0.129 e. The van der Waals surface area contributed by atoms with Crippen LogP contribution in [0.25, 0.3) is 0 Å². The standard InChI is InChI=1S/C16H17F2NO/c1-11(12-6-2-4-8-14(12)17)19-10-16(20)13-7-3-5-9-15(13)18/h2-9,11,16,19-20H,10H2,1H3/t11-,16?/m1/s1. The molecule has 2 rings (SSSR count). The Morgan fingerprint density at radius 2 is 1.45 bits per heavy atom. The van der Waals surface area contributed by atoms with Crippen molar-refractivity contribution in [1.29, 1.82) is 0 Å². The van der Waals surface area contributed by atoms with Crippen LogP contribution >= 0.6 is 0 Å². The van der Waals surface area contributed by atoms with E-state index in [1.54, 1.807) is 37.3 Å². The second kappa shape index (κ2) is 6.59. The van der Waals surface area contributed by atoms with Crippen molar-refractivity contribution in [2.45, 2.75) is 19.1 Å². The Labute approximate surface area is 117 Å². The quantitative estimate of drug-likeness (QED) is 0.878. The molecule has 0 bridgehead atoms. The van der Waals surface area contributed by atoms with Gasteiger partial charge < -0.3 is 10.4 Å². The SMILES string of the molecule is C[C@@H](NCC(O)c1ccccc1F)c1ccccc1F. The second-order valence-electron chi connectivity index (χ2n) is 4.69. The van der Waals surface area contributed by atoms with E-state index in [4.69, 9.17) is 0 Å². The summed E-state index contributed by atoms with van der Waals surface area (Å²) in [5.41, 5.74) is 0.758. The van der Waals surface area contributed by atoms with Gasteiger partial charge in [-0.25, -0.2) is 8.78 Å². The molecular formula is C16H17F2NO. The molecule has 2 nitrogen and oxygen atoms in total. The van der Waals surface area contributed by atoms with E-state index in [1.807, 2.05) is 0 Å². The molecule has 0 spiro atoms. The predicted octanol–water partition coefficient (Wildman–Crippen LogP) is 3.35. The molecule has 2 aromatic carbocycles. The molecule has 0 radical (unpaired) electrons. The molecule has 2 atom stereocenters. The summed E-state index contributed by atoms with van der Waals surface area (Å²) in [7, 11) is 0. The van der Waals surface area contributed by atoms with Gasteiger partial charge in [0, 0.05) is 23.7 Å². The lowest BCUT2D eigenvalue weighted by molar-refractivity contribution is 0.166. The number of aliphatic hydroxyl groups excluding tert-OH is 1. The number of aliphatic hydroxyl groups is 1. The Morgan fingerprint density at radius 3 is 2.00 bits per heavy atom. The summed E-state index contributed by atoms with van der Waals surface area (Å²) in [6.45, 7) is 1.95. The van der Waals surface area contributed by atoms with Gasteiger partial charge in [0.25, 0.3) is 0 Å². The average Bonchev–Trinajstić information content (AvgIpc) is 2.45. The molecule has 0 aliphatic rings. The molecule has 0 saturated carbocycles. The highest BCUT2D eigenvalue weighted by atomic mass is 19.1. The van der Waals surface area contributed by atoms with Crippen molar-refractivity contribution < 1.29 is 13.9 Å². The maximum atomic E-state index is 13.6. The highest BCUT2D eigenvalue weighted by Gasteiger charge is 2.15. The second-order valence-corrected chi connectivity index (χ2v) is 4.69. The molecular weight excluding hydrogens is 260 g/mol. The zero-order valence-electron chi connectivity index (χ0n) is 11.2. The Kier molecular flexibility index (Phi) is 4.82. The largest absolute Gasteiger partial charge is 0.387 e. The van der Waals surface area contributed by atoms with E-state index in [1.165, 1.54) is 18.2 Å². The van der Waals surface area contributed by atoms with E-state index in [2.05, 4.69) is 5.32 Å². The van der Waals surface area contributed by atoms with Crippen LogP contribution in [0, 0.1) is 11.6 Å². The van der Waals surface area contributed by atoms with E-state index in [0.29, 0.717) is 5.56 Å². The summed E-state index contributed by atoms with van der Waals surface area (Å²) in [5, 5.41) is 13.0. The van der Waals surface area contributed by atoms with Crippen molar-refractivity contribution in [3.05, 3.63) is 71.3 Å². The minimum absolute atomic E-state index is 0.149. The van der Waals surface area contributed by atoms with E-state index in [-0.39, 0.29) is 24.0 Å². The summed E-state index contributed by atoms with van der Waals surface area (Å²) < 4.78 is 27.1. The molecule has 0 amide bonds. The highest BCUT2D eigenvalue weighted by molar-refractivity contribution is 5.22. The molecule has 0 heterocycles. The molecule has 1 unspecified atom stereocenters. The van der Waals surface area contributed by atoms with Gasteiger partial charge in [-0.15, -0.1) is 0 Å². The Balaban J connectivity index is 1.99. The lowest BCUT2D eigenvalue weighted by Crippen LogP contribution is -2.25. The van der Waals surface area contributed by atoms with Crippen LogP contribution in [0.3, 0.4) is 0 Å². The van der Waals surface area contributed by atoms with Gasteiger partial charge in [0.2, 0.25) is 0 Å².